The number of unbranched alkanes of at least 4 members (excludes halogenated alkanes) is 2. The van der Waals surface area contributed by atoms with E-state index in [1.54, 1.807) is 38.6 Å². The summed E-state index contributed by atoms with van der Waals surface area (Å²) in [4.78, 5) is 102. The zero-order valence-corrected chi connectivity index (χ0v) is 39.4. The van der Waals surface area contributed by atoms with Crippen molar-refractivity contribution in [2.24, 2.45) is 5.73 Å². The number of carbonyl (C=O) groups excluding carboxylic acids is 5. The van der Waals surface area contributed by atoms with Gasteiger partial charge in [0.05, 0.1) is 26.6 Å². The van der Waals surface area contributed by atoms with Crippen LogP contribution in [0.4, 0.5) is 11.4 Å². The van der Waals surface area contributed by atoms with E-state index in [1.807, 2.05) is 36.4 Å². The molecule has 8 heterocycles. The topological polar surface area (TPSA) is 262 Å². The molecule has 0 radical (unpaired) electrons. The Bertz CT molecular complexity index is 3100. The van der Waals surface area contributed by atoms with Crippen LogP contribution in [0.2, 0.25) is 0 Å². The highest BCUT2D eigenvalue weighted by molar-refractivity contribution is 5.97. The largest absolute Gasteiger partial charge is 0.486 e. The molecule has 2 aromatic carbocycles. The number of anilines is 2. The second kappa shape index (κ2) is 22.7. The summed E-state index contributed by atoms with van der Waals surface area (Å²) < 4.78 is 24.1. The number of hydrogen-bond donors (Lipinski definition) is 2. The van der Waals surface area contributed by atoms with Crippen molar-refractivity contribution in [1.29, 1.82) is 0 Å². The van der Waals surface area contributed by atoms with Gasteiger partial charge in [-0.3, -0.25) is 37.9 Å². The SMILES string of the molecule is COc1ccc2ncc(=O)n(CCCC=O)c2n1.COc1ccc2ncc(=O)n(CCCCNC3CC(=O)N(c4ccc5c(c4)CC(=O)CO5)C3)c2n1.NC1CC(=O)N(c2ccc3c(c2)CC(=O)CO3)C1. The Kier molecular flexibility index (Phi) is 15.8. The van der Waals surface area contributed by atoms with Crippen LogP contribution in [-0.4, -0.2) is 118 Å². The Labute approximate surface area is 406 Å². The predicted molar refractivity (Wildman–Crippen MR) is 260 cm³/mol. The number of nitrogens with one attached hydrogen (secondary N) is 1. The first kappa shape index (κ1) is 49.5. The summed E-state index contributed by atoms with van der Waals surface area (Å²) in [7, 11) is 3.05. The summed E-state index contributed by atoms with van der Waals surface area (Å²) >= 11 is 0. The fourth-order valence-electron chi connectivity index (χ4n) is 8.68. The van der Waals surface area contributed by atoms with Gasteiger partial charge < -0.3 is 44.6 Å². The van der Waals surface area contributed by atoms with Gasteiger partial charge in [0, 0.05) is 105 Å². The lowest BCUT2D eigenvalue weighted by molar-refractivity contribution is -0.122. The maximum absolute atomic E-state index is 12.6. The molecule has 2 atom stereocenters. The van der Waals surface area contributed by atoms with E-state index in [-0.39, 0.29) is 59.8 Å². The molecule has 0 bridgehead atoms. The van der Waals surface area contributed by atoms with Gasteiger partial charge in [0.15, 0.2) is 22.9 Å². The van der Waals surface area contributed by atoms with Crippen LogP contribution in [0.15, 0.2) is 82.6 Å². The Balaban J connectivity index is 0.000000158. The molecule has 3 N–H and O–H groups in total. The maximum Gasteiger partial charge on any atom is 0.270 e. The average Bonchev–Trinajstić information content (AvgIpc) is 3.93. The van der Waals surface area contributed by atoms with Crippen LogP contribution >= 0.6 is 0 Å². The molecule has 2 fully saturated rings. The van der Waals surface area contributed by atoms with Crippen molar-refractivity contribution in [2.45, 2.75) is 76.5 Å². The van der Waals surface area contributed by atoms with E-state index in [9.17, 15) is 33.6 Å². The lowest BCUT2D eigenvalue weighted by atomic mass is 10.0. The van der Waals surface area contributed by atoms with E-state index < -0.39 is 0 Å². The molecule has 2 unspecified atom stereocenters. The molecule has 10 rings (SSSR count). The molecule has 0 saturated carbocycles. The van der Waals surface area contributed by atoms with Gasteiger partial charge in [0.25, 0.3) is 11.1 Å². The van der Waals surface area contributed by atoms with E-state index in [0.29, 0.717) is 105 Å². The Hall–Kier alpha value is -7.91. The summed E-state index contributed by atoms with van der Waals surface area (Å²) in [5.74, 6) is 2.50. The summed E-state index contributed by atoms with van der Waals surface area (Å²) in [6, 6.07) is 18.0. The van der Waals surface area contributed by atoms with Crippen LogP contribution < -0.4 is 50.9 Å². The highest BCUT2D eigenvalue weighted by Crippen LogP contribution is 2.32. The summed E-state index contributed by atoms with van der Waals surface area (Å²) in [6.45, 7) is 3.05. The average molecular weight is 971 g/mol. The minimum Gasteiger partial charge on any atom is -0.486 e. The molecule has 21 nitrogen and oxygen atoms in total. The number of carbonyl (C=O) groups is 5. The van der Waals surface area contributed by atoms with Crippen molar-refractivity contribution in [1.82, 2.24) is 34.4 Å². The molecular weight excluding hydrogens is 917 g/mol. The minimum absolute atomic E-state index is 0.0329. The van der Waals surface area contributed by atoms with Crippen molar-refractivity contribution in [3.8, 4) is 23.3 Å². The number of pyridine rings is 2. The molecule has 0 spiro atoms. The first-order valence-electron chi connectivity index (χ1n) is 23.3. The van der Waals surface area contributed by atoms with Crippen molar-refractivity contribution < 1.29 is 42.9 Å². The Morgan fingerprint density at radius 3 is 1.70 bits per heavy atom. The van der Waals surface area contributed by atoms with Gasteiger partial charge in [0.2, 0.25) is 23.6 Å². The van der Waals surface area contributed by atoms with E-state index >= 15 is 0 Å². The first-order valence-corrected chi connectivity index (χ1v) is 23.3. The number of rotatable bonds is 14. The van der Waals surface area contributed by atoms with Crippen LogP contribution in [0.1, 0.15) is 49.7 Å². The van der Waals surface area contributed by atoms with Gasteiger partial charge in [-0.1, -0.05) is 0 Å². The van der Waals surface area contributed by atoms with Crippen LogP contribution in [0.5, 0.6) is 23.3 Å². The quantitative estimate of drug-likeness (QED) is 0.117. The van der Waals surface area contributed by atoms with Gasteiger partial charge in [-0.2, -0.15) is 9.97 Å². The summed E-state index contributed by atoms with van der Waals surface area (Å²) in [5, 5.41) is 3.46. The Morgan fingerprint density at radius 2 is 1.20 bits per heavy atom. The third-order valence-electron chi connectivity index (χ3n) is 12.2. The van der Waals surface area contributed by atoms with Gasteiger partial charge in [-0.05, 0) is 74.3 Å². The number of ketones is 2. The molecule has 0 aliphatic carbocycles. The number of hydrogen-bond acceptors (Lipinski definition) is 17. The monoisotopic (exact) mass is 970 g/mol. The number of nitrogens with two attached hydrogens (primary N) is 1. The molecule has 2 saturated heterocycles. The van der Waals surface area contributed by atoms with E-state index in [2.05, 4.69) is 25.3 Å². The first-order chi connectivity index (χ1) is 34.4. The minimum atomic E-state index is -0.228. The summed E-state index contributed by atoms with van der Waals surface area (Å²) in [6.07, 6.45) is 7.55. The van der Waals surface area contributed by atoms with Crippen molar-refractivity contribution >= 4 is 63.4 Å². The highest BCUT2D eigenvalue weighted by atomic mass is 16.5. The normalized spacial score (nSPS) is 17.1. The molecular formula is C50H54N10O11. The van der Waals surface area contributed by atoms with Crippen molar-refractivity contribution in [3.63, 3.8) is 0 Å². The standard InChI is InChI=1S/C25H27N5O5.C13H14N2O3.C12H13N3O3/c1-34-22-7-5-20-25(28-22)29(24(33)13-27-20)9-3-2-8-26-17-12-23(32)30(14-17)18-4-6-21-16(10-18)11-19(31)15-35-21;14-9-5-13(17)15(6-9)10-1-2-12-8(3-10)4-11(16)7-18-12;1-18-10-5-4-9-12(14-10)15(6-2-3-7-16)11(17)8-13-9/h4-7,10,13,17,26H,2-3,8-9,11-12,14-15H2,1H3;1-3,9H,4-7,14H2;4-5,7-8H,2-3,6H2,1H3. The summed E-state index contributed by atoms with van der Waals surface area (Å²) in [5.41, 5.74) is 10.9. The number of nitrogens with zero attached hydrogens (tertiary/aromatic N) is 8. The van der Waals surface area contributed by atoms with Crippen molar-refractivity contribution in [3.05, 3.63) is 105 Å². The number of aldehydes is 1. The fourth-order valence-corrected chi connectivity index (χ4v) is 8.68. The number of fused-ring (bicyclic) bond motifs is 4. The molecule has 4 aliphatic rings. The molecule has 370 valence electrons. The van der Waals surface area contributed by atoms with Crippen molar-refractivity contribution in [2.75, 3.05) is 56.9 Å². The molecule has 4 aliphatic heterocycles. The van der Waals surface area contributed by atoms with Gasteiger partial charge >= 0.3 is 0 Å². The van der Waals surface area contributed by atoms with Crippen LogP contribution in [0.25, 0.3) is 22.3 Å². The fraction of sp³-hybridized carbons (Fsp3) is 0.380. The molecule has 71 heavy (non-hydrogen) atoms. The van der Waals surface area contributed by atoms with E-state index in [4.69, 9.17) is 24.7 Å². The third-order valence-corrected chi connectivity index (χ3v) is 12.2. The number of aromatic nitrogens is 6. The smallest absolute Gasteiger partial charge is 0.270 e. The lowest BCUT2D eigenvalue weighted by Gasteiger charge is -2.21. The van der Waals surface area contributed by atoms with Crippen LogP contribution in [0.3, 0.4) is 0 Å². The number of ether oxygens (including phenoxy) is 4. The predicted octanol–water partition coefficient (Wildman–Crippen LogP) is 2.51. The second-order valence-corrected chi connectivity index (χ2v) is 17.3. The maximum atomic E-state index is 12.6. The van der Waals surface area contributed by atoms with Gasteiger partial charge in [-0.15, -0.1) is 0 Å². The zero-order chi connectivity index (χ0) is 50.0. The molecule has 2 amide bonds. The highest BCUT2D eigenvalue weighted by Gasteiger charge is 2.32. The third kappa shape index (κ3) is 11.9. The van der Waals surface area contributed by atoms with E-state index in [1.165, 1.54) is 31.2 Å². The molecule has 6 aromatic rings. The number of aryl methyl sites for hydroxylation is 2. The van der Waals surface area contributed by atoms with Crippen LogP contribution in [0, 0.1) is 0 Å². The van der Waals surface area contributed by atoms with Gasteiger partial charge in [0.1, 0.15) is 42.0 Å². The van der Waals surface area contributed by atoms with Gasteiger partial charge in [-0.25, -0.2) is 9.97 Å². The number of methoxy groups -OCH3 is 2. The number of amides is 2. The Morgan fingerprint density at radius 1 is 0.676 bits per heavy atom. The zero-order valence-electron chi connectivity index (χ0n) is 39.4. The number of benzene rings is 2. The van der Waals surface area contributed by atoms with Crippen LogP contribution in [-0.2, 0) is 49.9 Å². The second-order valence-electron chi connectivity index (χ2n) is 17.3. The lowest BCUT2D eigenvalue weighted by Crippen LogP contribution is -2.33. The number of Topliss-reactive ketones (excluding diaryl/α,β-unsaturated/α-hetero) is 2. The molecule has 21 heteroatoms. The molecule has 4 aromatic heterocycles. The van der Waals surface area contributed by atoms with E-state index in [0.717, 1.165) is 53.9 Å².